The van der Waals surface area contributed by atoms with E-state index in [9.17, 15) is 0 Å². The van der Waals surface area contributed by atoms with E-state index in [1.165, 1.54) is 24.8 Å². The Bertz CT molecular complexity index is 302. The van der Waals surface area contributed by atoms with Crippen molar-refractivity contribution in [1.82, 2.24) is 10.3 Å². The van der Waals surface area contributed by atoms with Crippen LogP contribution in [-0.2, 0) is 6.42 Å². The maximum atomic E-state index is 4.20. The fraction of sp³-hybridized carbons (Fsp3) is 0.615. The van der Waals surface area contributed by atoms with Crippen molar-refractivity contribution in [2.45, 2.75) is 45.6 Å². The quantitative estimate of drug-likeness (QED) is 0.828. The summed E-state index contributed by atoms with van der Waals surface area (Å²) >= 11 is 3.46. The van der Waals surface area contributed by atoms with Gasteiger partial charge in [0.25, 0.3) is 0 Å². The molecule has 0 aromatic carbocycles. The molecule has 0 aliphatic heterocycles. The van der Waals surface area contributed by atoms with Crippen LogP contribution in [0.15, 0.2) is 22.9 Å². The first-order chi connectivity index (χ1) is 7.76. The van der Waals surface area contributed by atoms with Crippen molar-refractivity contribution >= 4 is 15.9 Å². The summed E-state index contributed by atoms with van der Waals surface area (Å²) in [6, 6.07) is 2.74. The van der Waals surface area contributed by atoms with E-state index in [-0.39, 0.29) is 0 Å². The molecule has 0 saturated carbocycles. The number of aromatic nitrogens is 1. The van der Waals surface area contributed by atoms with Gasteiger partial charge in [0.15, 0.2) is 0 Å². The van der Waals surface area contributed by atoms with Crippen LogP contribution < -0.4 is 5.32 Å². The molecule has 1 unspecified atom stereocenters. The van der Waals surface area contributed by atoms with E-state index in [1.54, 1.807) is 0 Å². The van der Waals surface area contributed by atoms with Gasteiger partial charge in [-0.3, -0.25) is 4.98 Å². The van der Waals surface area contributed by atoms with Gasteiger partial charge in [0.2, 0.25) is 0 Å². The van der Waals surface area contributed by atoms with E-state index in [1.807, 2.05) is 12.4 Å². The minimum absolute atomic E-state index is 0.584. The lowest BCUT2D eigenvalue weighted by Gasteiger charge is -2.17. The molecule has 1 aromatic heterocycles. The summed E-state index contributed by atoms with van der Waals surface area (Å²) in [4.78, 5) is 4.20. The average Bonchev–Trinajstić information content (AvgIpc) is 2.26. The topological polar surface area (TPSA) is 24.9 Å². The molecular formula is C13H21BrN2. The monoisotopic (exact) mass is 284 g/mol. The number of halogens is 1. The third-order valence-corrected chi connectivity index (χ3v) is 3.08. The molecule has 0 aliphatic rings. The van der Waals surface area contributed by atoms with Crippen LogP contribution in [0.3, 0.4) is 0 Å². The molecule has 1 heterocycles. The molecule has 2 nitrogen and oxygen atoms in total. The lowest BCUT2D eigenvalue weighted by molar-refractivity contribution is 0.473. The summed E-state index contributed by atoms with van der Waals surface area (Å²) in [5.74, 6) is 0. The molecule has 3 heteroatoms. The van der Waals surface area contributed by atoms with E-state index >= 15 is 0 Å². The molecule has 90 valence electrons. The van der Waals surface area contributed by atoms with Gasteiger partial charge in [-0.05, 0) is 46.9 Å². The molecule has 0 spiro atoms. The van der Waals surface area contributed by atoms with Gasteiger partial charge in [0.05, 0.1) is 0 Å². The predicted molar refractivity (Wildman–Crippen MR) is 72.6 cm³/mol. The van der Waals surface area contributed by atoms with Gasteiger partial charge in [-0.25, -0.2) is 0 Å². The third-order valence-electron chi connectivity index (χ3n) is 2.64. The second-order valence-electron chi connectivity index (χ2n) is 4.11. The average molecular weight is 285 g/mol. The highest BCUT2D eigenvalue weighted by Gasteiger charge is 2.08. The number of unbranched alkanes of at least 4 members (excludes halogenated alkanes) is 1. The standard InChI is InChI=1S/C13H21BrN2/c1-3-5-6-13(16-4-2)8-11-7-12(14)10-15-9-11/h7,9-10,13,16H,3-6,8H2,1-2H3. The molecule has 16 heavy (non-hydrogen) atoms. The van der Waals surface area contributed by atoms with Crippen molar-refractivity contribution in [3.8, 4) is 0 Å². The fourth-order valence-electron chi connectivity index (χ4n) is 1.87. The van der Waals surface area contributed by atoms with Gasteiger partial charge in [0, 0.05) is 22.9 Å². The van der Waals surface area contributed by atoms with Crippen molar-refractivity contribution in [2.24, 2.45) is 0 Å². The second-order valence-corrected chi connectivity index (χ2v) is 5.03. The lowest BCUT2D eigenvalue weighted by Crippen LogP contribution is -2.30. The van der Waals surface area contributed by atoms with E-state index in [0.29, 0.717) is 6.04 Å². The Labute approximate surface area is 107 Å². The van der Waals surface area contributed by atoms with Crippen LogP contribution in [-0.4, -0.2) is 17.6 Å². The summed E-state index contributed by atoms with van der Waals surface area (Å²) in [6.07, 6.45) is 8.66. The Hall–Kier alpha value is -0.410. The van der Waals surface area contributed by atoms with Gasteiger partial charge in [-0.2, -0.15) is 0 Å². The van der Waals surface area contributed by atoms with Gasteiger partial charge in [-0.15, -0.1) is 0 Å². The number of pyridine rings is 1. The molecule has 1 aromatic rings. The molecule has 0 amide bonds. The van der Waals surface area contributed by atoms with Crippen LogP contribution in [0.1, 0.15) is 38.7 Å². The number of rotatable bonds is 7. The van der Waals surface area contributed by atoms with E-state index in [4.69, 9.17) is 0 Å². The van der Waals surface area contributed by atoms with Crippen LogP contribution in [0.25, 0.3) is 0 Å². The smallest absolute Gasteiger partial charge is 0.0410 e. The summed E-state index contributed by atoms with van der Waals surface area (Å²) < 4.78 is 1.07. The van der Waals surface area contributed by atoms with Crippen molar-refractivity contribution in [2.75, 3.05) is 6.54 Å². The van der Waals surface area contributed by atoms with Crippen LogP contribution >= 0.6 is 15.9 Å². The van der Waals surface area contributed by atoms with E-state index in [0.717, 1.165) is 17.4 Å². The van der Waals surface area contributed by atoms with E-state index < -0.39 is 0 Å². The maximum Gasteiger partial charge on any atom is 0.0410 e. The Balaban J connectivity index is 2.52. The molecule has 0 bridgehead atoms. The second kappa shape index (κ2) is 7.80. The number of nitrogens with zero attached hydrogens (tertiary/aromatic N) is 1. The van der Waals surface area contributed by atoms with Gasteiger partial charge in [-0.1, -0.05) is 26.7 Å². The Morgan fingerprint density at radius 1 is 1.38 bits per heavy atom. The Morgan fingerprint density at radius 3 is 2.81 bits per heavy atom. The normalized spacial score (nSPS) is 12.7. The van der Waals surface area contributed by atoms with Gasteiger partial charge < -0.3 is 5.32 Å². The summed E-state index contributed by atoms with van der Waals surface area (Å²) in [6.45, 7) is 5.44. The fourth-order valence-corrected chi connectivity index (χ4v) is 2.28. The first-order valence-corrected chi connectivity index (χ1v) is 6.88. The van der Waals surface area contributed by atoms with Crippen LogP contribution in [0, 0.1) is 0 Å². The largest absolute Gasteiger partial charge is 0.314 e. The summed E-state index contributed by atoms with van der Waals surface area (Å²) in [5.41, 5.74) is 1.30. The van der Waals surface area contributed by atoms with Crippen LogP contribution in [0.2, 0.25) is 0 Å². The number of likely N-dealkylation sites (N-methyl/N-ethyl adjacent to an activating group) is 1. The zero-order valence-corrected chi connectivity index (χ0v) is 11.8. The molecule has 0 radical (unpaired) electrons. The predicted octanol–water partition coefficient (Wildman–Crippen LogP) is 3.55. The molecule has 1 rings (SSSR count). The number of nitrogens with one attached hydrogen (secondary N) is 1. The molecular weight excluding hydrogens is 264 g/mol. The number of hydrogen-bond acceptors (Lipinski definition) is 2. The highest BCUT2D eigenvalue weighted by Crippen LogP contribution is 2.13. The van der Waals surface area contributed by atoms with E-state index in [2.05, 4.69) is 46.1 Å². The first kappa shape index (κ1) is 13.7. The van der Waals surface area contributed by atoms with Gasteiger partial charge in [0.1, 0.15) is 0 Å². The van der Waals surface area contributed by atoms with Crippen molar-refractivity contribution in [3.05, 3.63) is 28.5 Å². The minimum Gasteiger partial charge on any atom is -0.314 e. The molecule has 0 aliphatic carbocycles. The zero-order valence-electron chi connectivity index (χ0n) is 10.2. The zero-order chi connectivity index (χ0) is 11.8. The molecule has 0 fully saturated rings. The van der Waals surface area contributed by atoms with Crippen LogP contribution in [0.5, 0.6) is 0 Å². The first-order valence-electron chi connectivity index (χ1n) is 6.09. The summed E-state index contributed by atoms with van der Waals surface area (Å²) in [7, 11) is 0. The number of hydrogen-bond donors (Lipinski definition) is 1. The highest BCUT2D eigenvalue weighted by atomic mass is 79.9. The van der Waals surface area contributed by atoms with Gasteiger partial charge >= 0.3 is 0 Å². The van der Waals surface area contributed by atoms with Crippen LogP contribution in [0.4, 0.5) is 0 Å². The lowest BCUT2D eigenvalue weighted by atomic mass is 10.0. The minimum atomic E-state index is 0.584. The molecule has 1 N–H and O–H groups in total. The Kier molecular flexibility index (Phi) is 6.65. The van der Waals surface area contributed by atoms with Crippen molar-refractivity contribution in [1.29, 1.82) is 0 Å². The summed E-state index contributed by atoms with van der Waals surface area (Å²) in [5, 5.41) is 3.54. The third kappa shape index (κ3) is 5.08. The van der Waals surface area contributed by atoms with Crippen molar-refractivity contribution in [3.63, 3.8) is 0 Å². The Morgan fingerprint density at radius 2 is 2.19 bits per heavy atom. The highest BCUT2D eigenvalue weighted by molar-refractivity contribution is 9.10. The SMILES string of the molecule is CCCCC(Cc1cncc(Br)c1)NCC. The molecule has 0 saturated heterocycles. The molecule has 1 atom stereocenters. The van der Waals surface area contributed by atoms with Crippen molar-refractivity contribution < 1.29 is 0 Å². The maximum absolute atomic E-state index is 4.20.